The Labute approximate surface area is 203 Å². The van der Waals surface area contributed by atoms with Gasteiger partial charge in [0.15, 0.2) is 0 Å². The number of halogens is 4. The van der Waals surface area contributed by atoms with Crippen molar-refractivity contribution in [1.29, 1.82) is 0 Å². The maximum atomic E-state index is 13.6. The number of hydrazine groups is 1. The van der Waals surface area contributed by atoms with Crippen molar-refractivity contribution in [3.05, 3.63) is 63.9 Å². The zero-order valence-electron chi connectivity index (χ0n) is 17.7. The zero-order chi connectivity index (χ0) is 22.0. The third-order valence-corrected chi connectivity index (χ3v) is 6.39. The molecule has 5 nitrogen and oxygen atoms in total. The lowest BCUT2D eigenvalue weighted by Crippen LogP contribution is -2.46. The molecule has 1 fully saturated rings. The van der Waals surface area contributed by atoms with Gasteiger partial charge in [-0.2, -0.15) is 5.10 Å². The number of nitrogens with one attached hydrogen (secondary N) is 1. The average Bonchev–Trinajstić information content (AvgIpc) is 2.89. The molecule has 0 bridgehead atoms. The predicted molar refractivity (Wildman–Crippen MR) is 130 cm³/mol. The van der Waals surface area contributed by atoms with Crippen LogP contribution in [-0.2, 0) is 4.79 Å². The predicted octanol–water partition coefficient (Wildman–Crippen LogP) is 6.01. The minimum atomic E-state index is -0.314. The second-order valence-corrected chi connectivity index (χ2v) is 8.90. The summed E-state index contributed by atoms with van der Waals surface area (Å²) >= 11 is 12.5. The minimum absolute atomic E-state index is 0. The Kier molecular flexibility index (Phi) is 8.39. The van der Waals surface area contributed by atoms with Gasteiger partial charge >= 0.3 is 0 Å². The van der Waals surface area contributed by atoms with Crippen molar-refractivity contribution in [3.8, 4) is 0 Å². The van der Waals surface area contributed by atoms with Crippen LogP contribution in [0.25, 0.3) is 0 Å². The molecule has 32 heavy (non-hydrogen) atoms. The first-order valence-corrected chi connectivity index (χ1v) is 11.3. The molecule has 2 aromatic rings. The largest absolute Gasteiger partial charge is 0.284 e. The highest BCUT2D eigenvalue weighted by Crippen LogP contribution is 2.42. The van der Waals surface area contributed by atoms with Crippen LogP contribution in [0.15, 0.2) is 47.6 Å². The number of carbonyl (C=O) groups excluding carboxylic acids is 1. The Balaban J connectivity index is 0.00000289. The maximum Gasteiger partial charge on any atom is 0.282 e. The summed E-state index contributed by atoms with van der Waals surface area (Å²) in [5.74, 6) is -0.760. The quantitative estimate of drug-likeness (QED) is 0.560. The van der Waals surface area contributed by atoms with Crippen molar-refractivity contribution in [3.63, 3.8) is 0 Å². The summed E-state index contributed by atoms with van der Waals surface area (Å²) in [5.41, 5.74) is 4.94. The second kappa shape index (κ2) is 10.8. The highest BCUT2D eigenvalue weighted by atomic mass is 35.5. The van der Waals surface area contributed by atoms with Gasteiger partial charge in [-0.15, -0.1) is 12.4 Å². The summed E-state index contributed by atoms with van der Waals surface area (Å²) in [7, 11) is 0. The summed E-state index contributed by atoms with van der Waals surface area (Å²) in [4.78, 5) is 13.2. The lowest BCUT2D eigenvalue weighted by molar-refractivity contribution is -0.119. The van der Waals surface area contributed by atoms with Crippen LogP contribution in [0.4, 0.5) is 10.1 Å². The molecule has 1 amide bonds. The molecule has 0 radical (unpaired) electrons. The molecular formula is C23H26Cl3FN4O. The number of hydrogen-bond donors (Lipinski definition) is 1. The smallest absolute Gasteiger partial charge is 0.282 e. The van der Waals surface area contributed by atoms with Crippen LogP contribution in [0.5, 0.6) is 0 Å². The van der Waals surface area contributed by atoms with Crippen LogP contribution >= 0.6 is 35.6 Å². The van der Waals surface area contributed by atoms with Gasteiger partial charge in [0.2, 0.25) is 0 Å². The first-order chi connectivity index (χ1) is 14.9. The van der Waals surface area contributed by atoms with Crippen molar-refractivity contribution >= 4 is 52.9 Å². The van der Waals surface area contributed by atoms with Crippen LogP contribution in [0.1, 0.15) is 44.2 Å². The Hall–Kier alpha value is -1.86. The molecule has 1 saturated heterocycles. The zero-order valence-corrected chi connectivity index (χ0v) is 20.1. The van der Waals surface area contributed by atoms with E-state index in [1.54, 1.807) is 35.3 Å². The van der Waals surface area contributed by atoms with Gasteiger partial charge in [-0.3, -0.25) is 15.2 Å². The number of nitrogens with zero attached hydrogens (tertiary/aromatic N) is 3. The summed E-state index contributed by atoms with van der Waals surface area (Å²) < 4.78 is 13.6. The number of benzene rings is 2. The molecule has 2 aliphatic rings. The fourth-order valence-corrected chi connectivity index (χ4v) is 4.72. The Morgan fingerprint density at radius 1 is 1.06 bits per heavy atom. The highest BCUT2D eigenvalue weighted by molar-refractivity contribution is 6.41. The molecule has 0 unspecified atom stereocenters. The first kappa shape index (κ1) is 24.8. The van der Waals surface area contributed by atoms with Gasteiger partial charge in [-0.1, -0.05) is 55.1 Å². The third kappa shape index (κ3) is 5.37. The number of carbonyl (C=O) groups is 1. The molecule has 2 aliphatic heterocycles. The highest BCUT2D eigenvalue weighted by Gasteiger charge is 2.40. The van der Waals surface area contributed by atoms with E-state index in [1.807, 2.05) is 11.9 Å². The summed E-state index contributed by atoms with van der Waals surface area (Å²) in [6.07, 6.45) is 4.48. The van der Waals surface area contributed by atoms with Crippen molar-refractivity contribution in [2.45, 2.75) is 38.6 Å². The molecular weight excluding hydrogens is 474 g/mol. The molecule has 0 aromatic heterocycles. The molecule has 2 atom stereocenters. The summed E-state index contributed by atoms with van der Waals surface area (Å²) in [6.45, 7) is 3.63. The van der Waals surface area contributed by atoms with E-state index < -0.39 is 0 Å². The lowest BCUT2D eigenvalue weighted by atomic mass is 9.91. The SMILES string of the molecule is C[C@@H]1C(C(=O)NN2CCCCCC2)=NN(c2ccc(Cl)cc2Cl)[C@@H]1c1ccc(F)cc1.Cl. The van der Waals surface area contributed by atoms with Gasteiger partial charge < -0.3 is 0 Å². The van der Waals surface area contributed by atoms with E-state index in [1.165, 1.54) is 25.0 Å². The molecule has 172 valence electrons. The lowest BCUT2D eigenvalue weighted by Gasteiger charge is -2.27. The monoisotopic (exact) mass is 498 g/mol. The van der Waals surface area contributed by atoms with Crippen molar-refractivity contribution < 1.29 is 9.18 Å². The average molecular weight is 500 g/mol. The van der Waals surface area contributed by atoms with E-state index in [-0.39, 0.29) is 36.1 Å². The van der Waals surface area contributed by atoms with E-state index in [0.29, 0.717) is 21.4 Å². The molecule has 9 heteroatoms. The number of anilines is 1. The van der Waals surface area contributed by atoms with Crippen LogP contribution in [0.2, 0.25) is 10.0 Å². The fourth-order valence-electron chi connectivity index (χ4n) is 4.23. The number of hydrazone groups is 1. The number of rotatable bonds is 4. The third-order valence-electron chi connectivity index (χ3n) is 5.85. The van der Waals surface area contributed by atoms with Gasteiger partial charge in [-0.25, -0.2) is 9.40 Å². The van der Waals surface area contributed by atoms with E-state index in [0.717, 1.165) is 31.5 Å². The van der Waals surface area contributed by atoms with Gasteiger partial charge in [0, 0.05) is 24.0 Å². The van der Waals surface area contributed by atoms with Gasteiger partial charge in [0.25, 0.3) is 5.91 Å². The molecule has 0 spiro atoms. The number of hydrogen-bond acceptors (Lipinski definition) is 4. The van der Waals surface area contributed by atoms with E-state index in [9.17, 15) is 9.18 Å². The molecule has 2 heterocycles. The molecule has 0 aliphatic carbocycles. The molecule has 0 saturated carbocycles. The molecule has 4 rings (SSSR count). The topological polar surface area (TPSA) is 47.9 Å². The Morgan fingerprint density at radius 2 is 1.72 bits per heavy atom. The normalized spacial score (nSPS) is 21.5. The fraction of sp³-hybridized carbons (Fsp3) is 0.391. The van der Waals surface area contributed by atoms with Crippen LogP contribution in [-0.4, -0.2) is 29.7 Å². The van der Waals surface area contributed by atoms with Gasteiger partial charge in [0.05, 0.1) is 16.8 Å². The van der Waals surface area contributed by atoms with E-state index in [4.69, 9.17) is 23.2 Å². The van der Waals surface area contributed by atoms with Gasteiger partial charge in [0.1, 0.15) is 11.5 Å². The molecule has 2 aromatic carbocycles. The van der Waals surface area contributed by atoms with E-state index in [2.05, 4.69) is 10.5 Å². The standard InChI is InChI=1S/C23H25Cl2FN4O.ClH/c1-15-21(23(31)28-29-12-4-2-3-5-13-29)27-30(20-11-8-17(24)14-19(20)25)22(15)16-6-9-18(26)10-7-16;/h6-11,14-15,22H,2-5,12-13H2,1H3,(H,28,31);1H/t15-,22+;/m1./s1. The van der Waals surface area contributed by atoms with Crippen LogP contribution < -0.4 is 10.4 Å². The van der Waals surface area contributed by atoms with Crippen molar-refractivity contribution in [2.75, 3.05) is 18.1 Å². The first-order valence-electron chi connectivity index (χ1n) is 10.6. The van der Waals surface area contributed by atoms with Crippen molar-refractivity contribution in [1.82, 2.24) is 10.4 Å². The van der Waals surface area contributed by atoms with Crippen LogP contribution in [0, 0.1) is 11.7 Å². The summed E-state index contributed by atoms with van der Waals surface area (Å²) in [6, 6.07) is 11.1. The van der Waals surface area contributed by atoms with Crippen LogP contribution in [0.3, 0.4) is 0 Å². The molecule has 1 N–H and O–H groups in total. The summed E-state index contributed by atoms with van der Waals surface area (Å²) in [5, 5.41) is 9.37. The van der Waals surface area contributed by atoms with E-state index >= 15 is 0 Å². The maximum absolute atomic E-state index is 13.6. The van der Waals surface area contributed by atoms with Crippen molar-refractivity contribution in [2.24, 2.45) is 11.0 Å². The second-order valence-electron chi connectivity index (χ2n) is 8.05. The Morgan fingerprint density at radius 3 is 2.34 bits per heavy atom. The Bertz CT molecular complexity index is 978. The van der Waals surface area contributed by atoms with Gasteiger partial charge in [-0.05, 0) is 48.7 Å². The number of amides is 1. The minimum Gasteiger partial charge on any atom is -0.284 e.